The monoisotopic (exact) mass is 455 g/mol. The predicted octanol–water partition coefficient (Wildman–Crippen LogP) is 5.94. The summed E-state index contributed by atoms with van der Waals surface area (Å²) in [5.41, 5.74) is 5.03. The first-order valence-corrected chi connectivity index (χ1v) is 12.1. The van der Waals surface area contributed by atoms with Crippen molar-refractivity contribution in [2.45, 2.75) is 24.0 Å². The van der Waals surface area contributed by atoms with Crippen LogP contribution in [-0.4, -0.2) is 22.1 Å². The van der Waals surface area contributed by atoms with Gasteiger partial charge in [-0.3, -0.25) is 9.78 Å². The van der Waals surface area contributed by atoms with Crippen LogP contribution in [0.1, 0.15) is 39.0 Å². The molecule has 2 aromatic carbocycles. The number of carbonyl (C=O) groups is 1. The lowest BCUT2D eigenvalue weighted by Gasteiger charge is -2.12. The van der Waals surface area contributed by atoms with E-state index in [2.05, 4.69) is 45.2 Å². The number of thioether (sulfide) groups is 1. The van der Waals surface area contributed by atoms with Crippen molar-refractivity contribution in [1.29, 1.82) is 0 Å². The Morgan fingerprint density at radius 3 is 2.85 bits per heavy atom. The van der Waals surface area contributed by atoms with Crippen molar-refractivity contribution < 1.29 is 9.53 Å². The van der Waals surface area contributed by atoms with Gasteiger partial charge in [0.05, 0.1) is 18.0 Å². The number of rotatable bonds is 8. The molecule has 1 unspecified atom stereocenters. The highest BCUT2D eigenvalue weighted by Gasteiger charge is 2.27. The van der Waals surface area contributed by atoms with Crippen LogP contribution in [0.4, 0.5) is 5.69 Å². The summed E-state index contributed by atoms with van der Waals surface area (Å²) in [5, 5.41) is 3.27. The van der Waals surface area contributed by atoms with Crippen molar-refractivity contribution in [3.05, 3.63) is 114 Å². The number of anilines is 1. The topological polar surface area (TPSA) is 56.2 Å². The quantitative estimate of drug-likeness (QED) is 0.334. The van der Waals surface area contributed by atoms with Crippen molar-refractivity contribution in [1.82, 2.24) is 9.55 Å². The van der Waals surface area contributed by atoms with E-state index in [9.17, 15) is 4.79 Å². The van der Waals surface area contributed by atoms with E-state index in [0.29, 0.717) is 17.9 Å². The van der Waals surface area contributed by atoms with Gasteiger partial charge in [0.2, 0.25) is 0 Å². The van der Waals surface area contributed by atoms with E-state index >= 15 is 0 Å². The lowest BCUT2D eigenvalue weighted by molar-refractivity contribution is 0.102. The molecule has 6 heteroatoms. The van der Waals surface area contributed by atoms with E-state index in [1.54, 1.807) is 12.3 Å². The van der Waals surface area contributed by atoms with Gasteiger partial charge >= 0.3 is 0 Å². The van der Waals surface area contributed by atoms with Gasteiger partial charge in [0.1, 0.15) is 11.1 Å². The van der Waals surface area contributed by atoms with Crippen LogP contribution in [0.15, 0.2) is 91.4 Å². The summed E-state index contributed by atoms with van der Waals surface area (Å²) in [7, 11) is 0. The molecule has 1 aliphatic heterocycles. The predicted molar refractivity (Wildman–Crippen MR) is 133 cm³/mol. The Morgan fingerprint density at radius 2 is 2.00 bits per heavy atom. The van der Waals surface area contributed by atoms with E-state index in [1.165, 1.54) is 5.56 Å². The molecule has 0 radical (unpaired) electrons. The Labute approximate surface area is 197 Å². The third-order valence-electron chi connectivity index (χ3n) is 5.69. The van der Waals surface area contributed by atoms with E-state index in [4.69, 9.17) is 4.74 Å². The molecule has 0 bridgehead atoms. The molecule has 3 heterocycles. The summed E-state index contributed by atoms with van der Waals surface area (Å²) in [6.45, 7) is 0.611. The molecule has 2 aromatic heterocycles. The molecule has 0 aliphatic carbocycles. The number of pyridine rings is 1. The van der Waals surface area contributed by atoms with Crippen molar-refractivity contribution in [2.75, 3.05) is 11.9 Å². The van der Waals surface area contributed by atoms with Gasteiger partial charge in [0.15, 0.2) is 0 Å². The largest absolute Gasteiger partial charge is 0.494 e. The number of nitrogens with zero attached hydrogens (tertiary/aromatic N) is 2. The fraction of sp³-hybridized carbons (Fsp3) is 0.185. The highest BCUT2D eigenvalue weighted by Crippen LogP contribution is 2.43. The zero-order chi connectivity index (χ0) is 22.5. The Hall–Kier alpha value is -3.51. The van der Waals surface area contributed by atoms with Crippen LogP contribution < -0.4 is 10.1 Å². The van der Waals surface area contributed by atoms with Crippen LogP contribution in [0, 0.1) is 0 Å². The molecular weight excluding hydrogens is 430 g/mol. The second-order valence-electron chi connectivity index (χ2n) is 7.95. The van der Waals surface area contributed by atoms with E-state index in [1.807, 2.05) is 60.6 Å². The van der Waals surface area contributed by atoms with E-state index in [-0.39, 0.29) is 11.3 Å². The number of nitrogens with one attached hydrogen (secondary N) is 1. The van der Waals surface area contributed by atoms with Crippen molar-refractivity contribution in [3.63, 3.8) is 0 Å². The maximum absolute atomic E-state index is 12.9. The minimum atomic E-state index is -0.131. The van der Waals surface area contributed by atoms with Gasteiger partial charge < -0.3 is 14.6 Å². The molecular formula is C27H25N3O2S. The molecule has 0 fully saturated rings. The van der Waals surface area contributed by atoms with Crippen molar-refractivity contribution >= 4 is 23.4 Å². The number of fused-ring (bicyclic) bond motifs is 1. The van der Waals surface area contributed by atoms with Crippen LogP contribution in [-0.2, 0) is 12.2 Å². The highest BCUT2D eigenvalue weighted by molar-refractivity contribution is 7.99. The minimum Gasteiger partial charge on any atom is -0.494 e. The van der Waals surface area contributed by atoms with E-state index < -0.39 is 0 Å². The first-order valence-electron chi connectivity index (χ1n) is 11.1. The zero-order valence-corrected chi connectivity index (χ0v) is 19.0. The van der Waals surface area contributed by atoms with Gasteiger partial charge in [0, 0.05) is 35.5 Å². The molecule has 0 saturated carbocycles. The van der Waals surface area contributed by atoms with Crippen LogP contribution in [0.5, 0.6) is 5.75 Å². The molecule has 4 aromatic rings. The number of carbonyl (C=O) groups excluding carboxylic acids is 1. The molecule has 5 rings (SSSR count). The summed E-state index contributed by atoms with van der Waals surface area (Å²) < 4.78 is 8.11. The third kappa shape index (κ3) is 4.96. The van der Waals surface area contributed by atoms with Gasteiger partial charge in [-0.15, -0.1) is 11.8 Å². The average Bonchev–Trinajstić information content (AvgIpc) is 3.46. The maximum Gasteiger partial charge on any atom is 0.255 e. The molecule has 0 saturated heterocycles. The van der Waals surface area contributed by atoms with Gasteiger partial charge in [-0.05, 0) is 48.7 Å². The number of aryl methyl sites for hydroxylation is 1. The number of hydrogen-bond donors (Lipinski definition) is 1. The normalized spacial score (nSPS) is 14.6. The third-order valence-corrected chi connectivity index (χ3v) is 6.95. The van der Waals surface area contributed by atoms with Crippen LogP contribution in [0.2, 0.25) is 0 Å². The Balaban J connectivity index is 1.20. The Kier molecular flexibility index (Phi) is 6.44. The second-order valence-corrected chi connectivity index (χ2v) is 9.02. The van der Waals surface area contributed by atoms with Gasteiger partial charge in [0.25, 0.3) is 5.91 Å². The average molecular weight is 456 g/mol. The lowest BCUT2D eigenvalue weighted by atomic mass is 10.1. The summed E-state index contributed by atoms with van der Waals surface area (Å²) in [4.78, 5) is 17.2. The second kappa shape index (κ2) is 9.96. The van der Waals surface area contributed by atoms with Gasteiger partial charge in [-0.25, -0.2) is 0 Å². The summed E-state index contributed by atoms with van der Waals surface area (Å²) >= 11 is 1.83. The lowest BCUT2D eigenvalue weighted by Crippen LogP contribution is -2.13. The van der Waals surface area contributed by atoms with Crippen molar-refractivity contribution in [3.8, 4) is 5.75 Å². The first-order chi connectivity index (χ1) is 16.3. The molecule has 1 aliphatic rings. The standard InChI is InChI=1S/C27H25N3O2S/c31-26(21-10-4-12-23(17-21)32-16-6-9-20-7-2-1-3-8-20)29-24-13-15-30-25(24)19-33-27(30)22-11-5-14-28-18-22/h1-5,7-8,10-15,17-18,27H,6,9,16,19H2,(H,29,31). The van der Waals surface area contributed by atoms with E-state index in [0.717, 1.165) is 35.5 Å². The van der Waals surface area contributed by atoms with Gasteiger partial charge in [-0.1, -0.05) is 42.5 Å². The van der Waals surface area contributed by atoms with Crippen LogP contribution in [0.3, 0.4) is 0 Å². The molecule has 5 nitrogen and oxygen atoms in total. The molecule has 1 atom stereocenters. The highest BCUT2D eigenvalue weighted by atomic mass is 32.2. The Bertz CT molecular complexity index is 1220. The Morgan fingerprint density at radius 1 is 1.09 bits per heavy atom. The molecule has 1 N–H and O–H groups in total. The van der Waals surface area contributed by atoms with Crippen molar-refractivity contribution in [2.24, 2.45) is 0 Å². The van der Waals surface area contributed by atoms with Crippen LogP contribution in [0.25, 0.3) is 0 Å². The fourth-order valence-corrected chi connectivity index (χ4v) is 5.33. The number of aromatic nitrogens is 2. The first kappa shape index (κ1) is 21.3. The molecule has 33 heavy (non-hydrogen) atoms. The fourth-order valence-electron chi connectivity index (χ4n) is 4.02. The number of ether oxygens (including phenoxy) is 1. The number of benzene rings is 2. The maximum atomic E-state index is 12.9. The summed E-state index contributed by atoms with van der Waals surface area (Å²) in [5.74, 6) is 1.42. The molecule has 1 amide bonds. The molecule has 166 valence electrons. The molecule has 0 spiro atoms. The zero-order valence-electron chi connectivity index (χ0n) is 18.2. The minimum absolute atomic E-state index is 0.131. The van der Waals surface area contributed by atoms with Crippen LogP contribution >= 0.6 is 11.8 Å². The SMILES string of the molecule is O=C(Nc1ccn2c1CSC2c1cccnc1)c1cccc(OCCCc2ccccc2)c1. The van der Waals surface area contributed by atoms with Gasteiger partial charge in [-0.2, -0.15) is 0 Å². The summed E-state index contributed by atoms with van der Waals surface area (Å²) in [6.07, 6.45) is 7.61. The summed E-state index contributed by atoms with van der Waals surface area (Å²) in [6, 6.07) is 23.8. The number of hydrogen-bond acceptors (Lipinski definition) is 4. The smallest absolute Gasteiger partial charge is 0.255 e. The number of amides is 1.